The summed E-state index contributed by atoms with van der Waals surface area (Å²) < 4.78 is 11.6. The van der Waals surface area contributed by atoms with Crippen LogP contribution in [0.25, 0.3) is 11.3 Å². The fourth-order valence-electron chi connectivity index (χ4n) is 3.97. The molecule has 1 aliphatic rings. The summed E-state index contributed by atoms with van der Waals surface area (Å²) in [7, 11) is 0. The highest BCUT2D eigenvalue weighted by atomic mass is 16.5. The lowest BCUT2D eigenvalue weighted by molar-refractivity contribution is -0.110. The van der Waals surface area contributed by atoms with Crippen LogP contribution in [0.3, 0.4) is 0 Å². The molecule has 0 radical (unpaired) electrons. The molecule has 1 aliphatic heterocycles. The molecule has 6 heteroatoms. The van der Waals surface area contributed by atoms with Gasteiger partial charge in [-0.3, -0.25) is 4.79 Å². The molecule has 0 saturated carbocycles. The number of carbonyl (C=O) groups is 1. The number of rotatable bonds is 10. The van der Waals surface area contributed by atoms with Gasteiger partial charge in [0, 0.05) is 23.9 Å². The molecule has 0 unspecified atom stereocenters. The Balaban J connectivity index is 1.80. The summed E-state index contributed by atoms with van der Waals surface area (Å²) in [6, 6.07) is 21.9. The first-order valence-corrected chi connectivity index (χ1v) is 11.8. The zero-order valence-corrected chi connectivity index (χ0v) is 19.9. The summed E-state index contributed by atoms with van der Waals surface area (Å²) in [4.78, 5) is 13.2. The van der Waals surface area contributed by atoms with E-state index in [0.29, 0.717) is 36.0 Å². The minimum atomic E-state index is -0.166. The second kappa shape index (κ2) is 10.9. The SMILES string of the molecule is CCNCc1ccc(N/C(=C2\C(=O)Nc3cc(OCC)c(OCC)cc32)c2ccccc2)cc1. The molecule has 0 fully saturated rings. The first-order chi connectivity index (χ1) is 16.6. The minimum absolute atomic E-state index is 0.166. The fraction of sp³-hybridized carbons (Fsp3) is 0.250. The van der Waals surface area contributed by atoms with Gasteiger partial charge in [0.1, 0.15) is 0 Å². The molecular weight excluding hydrogens is 426 g/mol. The molecule has 0 saturated heterocycles. The Morgan fingerprint density at radius 2 is 1.56 bits per heavy atom. The summed E-state index contributed by atoms with van der Waals surface area (Å²) in [5.41, 5.74) is 5.84. The van der Waals surface area contributed by atoms with E-state index in [4.69, 9.17) is 9.47 Å². The van der Waals surface area contributed by atoms with Gasteiger partial charge in [0.05, 0.1) is 30.2 Å². The molecule has 0 bridgehead atoms. The predicted molar refractivity (Wildman–Crippen MR) is 138 cm³/mol. The maximum atomic E-state index is 13.2. The van der Waals surface area contributed by atoms with Crippen LogP contribution < -0.4 is 25.4 Å². The zero-order valence-electron chi connectivity index (χ0n) is 19.9. The molecule has 0 aliphatic carbocycles. The lowest BCUT2D eigenvalue weighted by Crippen LogP contribution is -2.12. The van der Waals surface area contributed by atoms with Crippen molar-refractivity contribution in [2.75, 3.05) is 30.4 Å². The van der Waals surface area contributed by atoms with E-state index in [-0.39, 0.29) is 5.91 Å². The Morgan fingerprint density at radius 1 is 0.882 bits per heavy atom. The van der Waals surface area contributed by atoms with Crippen molar-refractivity contribution in [1.29, 1.82) is 0 Å². The Kier molecular flexibility index (Phi) is 7.50. The monoisotopic (exact) mass is 457 g/mol. The van der Waals surface area contributed by atoms with Crippen LogP contribution in [-0.2, 0) is 11.3 Å². The van der Waals surface area contributed by atoms with E-state index >= 15 is 0 Å². The van der Waals surface area contributed by atoms with Crippen LogP contribution in [0.15, 0.2) is 66.7 Å². The first-order valence-electron chi connectivity index (χ1n) is 11.8. The number of benzene rings is 3. The average Bonchev–Trinajstić information content (AvgIpc) is 3.17. The fourth-order valence-corrected chi connectivity index (χ4v) is 3.97. The van der Waals surface area contributed by atoms with Crippen molar-refractivity contribution >= 4 is 28.6 Å². The summed E-state index contributed by atoms with van der Waals surface area (Å²) in [5.74, 6) is 1.08. The van der Waals surface area contributed by atoms with Gasteiger partial charge in [0.15, 0.2) is 11.5 Å². The molecular formula is C28H31N3O3. The van der Waals surface area contributed by atoms with Crippen molar-refractivity contribution in [3.8, 4) is 11.5 Å². The van der Waals surface area contributed by atoms with E-state index in [2.05, 4.69) is 35.0 Å². The van der Waals surface area contributed by atoms with Crippen LogP contribution in [0, 0.1) is 0 Å². The van der Waals surface area contributed by atoms with Gasteiger partial charge in [-0.2, -0.15) is 0 Å². The molecule has 176 valence electrons. The van der Waals surface area contributed by atoms with Gasteiger partial charge in [-0.15, -0.1) is 0 Å². The number of hydrogen-bond donors (Lipinski definition) is 3. The molecule has 3 aromatic rings. The smallest absolute Gasteiger partial charge is 0.258 e. The summed E-state index contributed by atoms with van der Waals surface area (Å²) in [6.45, 7) is 8.70. The summed E-state index contributed by atoms with van der Waals surface area (Å²) in [5, 5.41) is 9.85. The van der Waals surface area contributed by atoms with Gasteiger partial charge in [-0.25, -0.2) is 0 Å². The van der Waals surface area contributed by atoms with Crippen LogP contribution in [0.4, 0.5) is 11.4 Å². The van der Waals surface area contributed by atoms with Gasteiger partial charge < -0.3 is 25.4 Å². The van der Waals surface area contributed by atoms with Crippen LogP contribution in [0.1, 0.15) is 37.5 Å². The number of ether oxygens (including phenoxy) is 2. The number of nitrogens with one attached hydrogen (secondary N) is 3. The Morgan fingerprint density at radius 3 is 2.21 bits per heavy atom. The Hall–Kier alpha value is -3.77. The summed E-state index contributed by atoms with van der Waals surface area (Å²) in [6.07, 6.45) is 0. The van der Waals surface area contributed by atoms with Crippen molar-refractivity contribution in [3.63, 3.8) is 0 Å². The molecule has 3 N–H and O–H groups in total. The molecule has 1 heterocycles. The van der Waals surface area contributed by atoms with Crippen molar-refractivity contribution in [2.24, 2.45) is 0 Å². The lowest BCUT2D eigenvalue weighted by Gasteiger charge is -2.16. The maximum Gasteiger partial charge on any atom is 0.258 e. The van der Waals surface area contributed by atoms with Crippen LogP contribution in [0.5, 0.6) is 11.5 Å². The van der Waals surface area contributed by atoms with Gasteiger partial charge in [0.25, 0.3) is 5.91 Å². The highest BCUT2D eigenvalue weighted by Gasteiger charge is 2.30. The van der Waals surface area contributed by atoms with Gasteiger partial charge in [0.2, 0.25) is 0 Å². The van der Waals surface area contributed by atoms with Gasteiger partial charge in [-0.1, -0.05) is 49.4 Å². The Labute approximate surface area is 201 Å². The highest BCUT2D eigenvalue weighted by molar-refractivity contribution is 6.37. The molecule has 0 aromatic heterocycles. The second-order valence-electron chi connectivity index (χ2n) is 7.88. The predicted octanol–water partition coefficient (Wildman–Crippen LogP) is 5.53. The number of anilines is 2. The molecule has 34 heavy (non-hydrogen) atoms. The lowest BCUT2D eigenvalue weighted by atomic mass is 9.99. The number of hydrogen-bond acceptors (Lipinski definition) is 5. The third-order valence-corrected chi connectivity index (χ3v) is 5.54. The summed E-state index contributed by atoms with van der Waals surface area (Å²) >= 11 is 0. The van der Waals surface area contributed by atoms with Crippen LogP contribution in [0.2, 0.25) is 0 Å². The van der Waals surface area contributed by atoms with Crippen molar-refractivity contribution in [3.05, 3.63) is 83.4 Å². The molecule has 1 amide bonds. The molecule has 3 aromatic carbocycles. The molecule has 4 rings (SSSR count). The van der Waals surface area contributed by atoms with E-state index in [1.54, 1.807) is 0 Å². The minimum Gasteiger partial charge on any atom is -0.490 e. The van der Waals surface area contributed by atoms with Crippen LogP contribution >= 0.6 is 0 Å². The van der Waals surface area contributed by atoms with E-state index in [0.717, 1.165) is 35.6 Å². The standard InChI is InChI=1S/C28H31N3O3/c1-4-29-18-19-12-14-21(15-13-19)30-27(20-10-8-7-9-11-20)26-22-16-24(33-5-2)25(34-6-3)17-23(22)31-28(26)32/h7-17,29-30H,4-6,18H2,1-3H3,(H,31,32)/b27-26-. The largest absolute Gasteiger partial charge is 0.490 e. The number of fused-ring (bicyclic) bond motifs is 1. The quantitative estimate of drug-likeness (QED) is 0.349. The molecule has 0 atom stereocenters. The van der Waals surface area contributed by atoms with E-state index in [1.807, 2.05) is 68.4 Å². The second-order valence-corrected chi connectivity index (χ2v) is 7.88. The normalized spacial score (nSPS) is 13.8. The van der Waals surface area contributed by atoms with Gasteiger partial charge >= 0.3 is 0 Å². The van der Waals surface area contributed by atoms with Crippen molar-refractivity contribution in [2.45, 2.75) is 27.3 Å². The van der Waals surface area contributed by atoms with Gasteiger partial charge in [-0.05, 0) is 49.7 Å². The Bertz CT molecular complexity index is 1170. The zero-order chi connectivity index (χ0) is 23.9. The topological polar surface area (TPSA) is 71.6 Å². The van der Waals surface area contributed by atoms with E-state index in [1.165, 1.54) is 5.56 Å². The van der Waals surface area contributed by atoms with E-state index in [9.17, 15) is 4.79 Å². The molecule has 0 spiro atoms. The first kappa shape index (κ1) is 23.4. The van der Waals surface area contributed by atoms with E-state index < -0.39 is 0 Å². The third kappa shape index (κ3) is 5.07. The van der Waals surface area contributed by atoms with Crippen molar-refractivity contribution < 1.29 is 14.3 Å². The van der Waals surface area contributed by atoms with Crippen molar-refractivity contribution in [1.82, 2.24) is 5.32 Å². The maximum absolute atomic E-state index is 13.2. The highest BCUT2D eigenvalue weighted by Crippen LogP contribution is 2.43. The third-order valence-electron chi connectivity index (χ3n) is 5.54. The number of carbonyl (C=O) groups excluding carboxylic acids is 1. The van der Waals surface area contributed by atoms with Crippen LogP contribution in [-0.4, -0.2) is 25.7 Å². The average molecular weight is 458 g/mol. The number of amides is 1. The molecule has 6 nitrogen and oxygen atoms in total.